The lowest BCUT2D eigenvalue weighted by molar-refractivity contribution is -0.140. The quantitative estimate of drug-likeness (QED) is 0.126. The Hall–Kier alpha value is -2.74. The lowest BCUT2D eigenvalue weighted by Gasteiger charge is -2.34. The number of nitriles is 1. The van der Waals surface area contributed by atoms with Gasteiger partial charge in [0.2, 0.25) is 0 Å². The van der Waals surface area contributed by atoms with Crippen LogP contribution in [-0.2, 0) is 11.2 Å². The van der Waals surface area contributed by atoms with Gasteiger partial charge in [0.05, 0.1) is 17.4 Å². The first-order chi connectivity index (χ1) is 18.6. The van der Waals surface area contributed by atoms with Crippen molar-refractivity contribution in [2.75, 3.05) is 0 Å². The Morgan fingerprint density at radius 1 is 0.895 bits per heavy atom. The van der Waals surface area contributed by atoms with Crippen molar-refractivity contribution in [3.05, 3.63) is 42.2 Å². The number of ether oxygens (including phenoxy) is 1. The molecule has 5 heteroatoms. The first-order valence-corrected chi connectivity index (χ1v) is 15.1. The van der Waals surface area contributed by atoms with Crippen molar-refractivity contribution in [1.82, 2.24) is 9.97 Å². The van der Waals surface area contributed by atoms with Crippen LogP contribution in [0.4, 0.5) is 0 Å². The Bertz CT molecular complexity index is 986. The number of aryl methyl sites for hydroxylation is 1. The van der Waals surface area contributed by atoms with Crippen LogP contribution in [0.5, 0.6) is 5.75 Å². The third kappa shape index (κ3) is 9.53. The first kappa shape index (κ1) is 29.8. The van der Waals surface area contributed by atoms with Crippen molar-refractivity contribution >= 4 is 5.97 Å². The van der Waals surface area contributed by atoms with Crippen LogP contribution >= 0.6 is 0 Å². The van der Waals surface area contributed by atoms with E-state index in [9.17, 15) is 10.1 Å². The zero-order valence-electron chi connectivity index (χ0n) is 23.7. The van der Waals surface area contributed by atoms with E-state index in [1.54, 1.807) is 0 Å². The average Bonchev–Trinajstić information content (AvgIpc) is 2.96. The molecule has 1 aliphatic carbocycles. The van der Waals surface area contributed by atoms with Crippen LogP contribution in [0.25, 0.3) is 11.4 Å². The van der Waals surface area contributed by atoms with Gasteiger partial charge in [0, 0.05) is 18.0 Å². The summed E-state index contributed by atoms with van der Waals surface area (Å²) in [7, 11) is 0. The van der Waals surface area contributed by atoms with Crippen LogP contribution in [0.3, 0.4) is 0 Å². The summed E-state index contributed by atoms with van der Waals surface area (Å²) < 4.78 is 5.71. The lowest BCUT2D eigenvalue weighted by atomic mass is 9.69. The Labute approximate surface area is 230 Å². The van der Waals surface area contributed by atoms with Gasteiger partial charge in [-0.25, -0.2) is 9.97 Å². The average molecular weight is 518 g/mol. The van der Waals surface area contributed by atoms with Crippen molar-refractivity contribution in [1.29, 1.82) is 5.26 Å². The van der Waals surface area contributed by atoms with Gasteiger partial charge < -0.3 is 4.74 Å². The number of nitrogens with zero attached hydrogens (tertiary/aromatic N) is 3. The monoisotopic (exact) mass is 517 g/mol. The van der Waals surface area contributed by atoms with E-state index in [2.05, 4.69) is 29.9 Å². The minimum atomic E-state index is -0.256. The molecule has 1 aromatic heterocycles. The largest absolute Gasteiger partial charge is 0.426 e. The SMILES string of the molecule is CCCCCCCCC1(C#N)CCC(C(=O)Oc2ccc(-c3ncc(CCCCCCC)cn3)cc2)CC1. The van der Waals surface area contributed by atoms with Crippen LogP contribution in [-0.4, -0.2) is 15.9 Å². The van der Waals surface area contributed by atoms with E-state index in [0.717, 1.165) is 50.5 Å². The topological polar surface area (TPSA) is 75.9 Å². The predicted molar refractivity (Wildman–Crippen MR) is 154 cm³/mol. The molecule has 2 aromatic rings. The molecule has 0 unspecified atom stereocenters. The van der Waals surface area contributed by atoms with Crippen LogP contribution in [0, 0.1) is 22.7 Å². The summed E-state index contributed by atoms with van der Waals surface area (Å²) in [5.41, 5.74) is 1.83. The van der Waals surface area contributed by atoms with Crippen LogP contribution in [0.15, 0.2) is 36.7 Å². The smallest absolute Gasteiger partial charge is 0.314 e. The van der Waals surface area contributed by atoms with E-state index in [0.29, 0.717) is 11.6 Å². The van der Waals surface area contributed by atoms with Crippen LogP contribution in [0.2, 0.25) is 0 Å². The fourth-order valence-electron chi connectivity index (χ4n) is 5.50. The summed E-state index contributed by atoms with van der Waals surface area (Å²) in [6.07, 6.45) is 22.6. The second-order valence-electron chi connectivity index (χ2n) is 11.2. The van der Waals surface area contributed by atoms with Gasteiger partial charge in [-0.15, -0.1) is 0 Å². The molecule has 1 heterocycles. The van der Waals surface area contributed by atoms with Gasteiger partial charge in [0.25, 0.3) is 0 Å². The first-order valence-electron chi connectivity index (χ1n) is 15.1. The Kier molecular flexibility index (Phi) is 12.8. The van der Waals surface area contributed by atoms with E-state index in [1.165, 1.54) is 69.8 Å². The second kappa shape index (κ2) is 16.3. The summed E-state index contributed by atoms with van der Waals surface area (Å²) in [5, 5.41) is 9.87. The highest BCUT2D eigenvalue weighted by Crippen LogP contribution is 2.43. The zero-order valence-corrected chi connectivity index (χ0v) is 23.7. The molecule has 5 nitrogen and oxygen atoms in total. The number of benzene rings is 1. The number of aromatic nitrogens is 2. The summed E-state index contributed by atoms with van der Waals surface area (Å²) in [6.45, 7) is 4.46. The number of esters is 1. The molecule has 0 spiro atoms. The molecule has 1 aromatic carbocycles. The number of rotatable bonds is 16. The van der Waals surface area contributed by atoms with Crippen molar-refractivity contribution < 1.29 is 9.53 Å². The molecule has 0 aliphatic heterocycles. The highest BCUT2D eigenvalue weighted by Gasteiger charge is 2.38. The fraction of sp³-hybridized carbons (Fsp3) is 0.636. The number of carbonyl (C=O) groups is 1. The van der Waals surface area contributed by atoms with Crippen LogP contribution < -0.4 is 4.74 Å². The number of hydrogen-bond donors (Lipinski definition) is 0. The molecule has 206 valence electrons. The molecule has 1 aliphatic rings. The number of unbranched alkanes of at least 4 members (excludes halogenated alkanes) is 9. The highest BCUT2D eigenvalue weighted by atomic mass is 16.5. The van der Waals surface area contributed by atoms with Crippen LogP contribution in [0.1, 0.15) is 122 Å². The predicted octanol–water partition coefficient (Wildman–Crippen LogP) is 9.01. The van der Waals surface area contributed by atoms with Crippen molar-refractivity contribution in [3.8, 4) is 23.2 Å². The third-order valence-electron chi connectivity index (χ3n) is 8.13. The minimum absolute atomic E-state index is 0.126. The fourth-order valence-corrected chi connectivity index (χ4v) is 5.50. The van der Waals surface area contributed by atoms with E-state index in [-0.39, 0.29) is 17.3 Å². The molecular weight excluding hydrogens is 470 g/mol. The van der Waals surface area contributed by atoms with Gasteiger partial charge in [-0.05, 0) is 74.8 Å². The van der Waals surface area contributed by atoms with Gasteiger partial charge in [-0.2, -0.15) is 5.26 Å². The standard InChI is InChI=1S/C33H47N3O2/c1-3-5-7-9-11-13-21-33(26-34)22-19-29(20-23-33)32(37)38-30-17-15-28(16-18-30)31-35-24-27(25-36-31)14-12-10-8-6-4-2/h15-18,24-25,29H,3-14,19-23H2,1-2H3. The molecule has 1 fully saturated rings. The molecule has 0 atom stereocenters. The molecule has 0 bridgehead atoms. The maximum atomic E-state index is 12.8. The van der Waals surface area contributed by atoms with Crippen molar-refractivity contribution in [2.24, 2.45) is 11.3 Å². The molecule has 0 saturated heterocycles. The van der Waals surface area contributed by atoms with Crippen molar-refractivity contribution in [2.45, 2.75) is 123 Å². The molecular formula is C33H47N3O2. The van der Waals surface area contributed by atoms with E-state index >= 15 is 0 Å². The summed E-state index contributed by atoms with van der Waals surface area (Å²) in [6, 6.07) is 10.1. The molecule has 0 radical (unpaired) electrons. The maximum absolute atomic E-state index is 12.8. The van der Waals surface area contributed by atoms with E-state index in [4.69, 9.17) is 4.74 Å². The Balaban J connectivity index is 1.42. The van der Waals surface area contributed by atoms with Crippen molar-refractivity contribution in [3.63, 3.8) is 0 Å². The molecule has 0 N–H and O–H groups in total. The maximum Gasteiger partial charge on any atom is 0.314 e. The molecule has 0 amide bonds. The van der Waals surface area contributed by atoms with Gasteiger partial charge in [-0.3, -0.25) is 4.79 Å². The molecule has 1 saturated carbocycles. The third-order valence-corrected chi connectivity index (χ3v) is 8.13. The molecule has 3 rings (SSSR count). The second-order valence-corrected chi connectivity index (χ2v) is 11.2. The number of carbonyl (C=O) groups excluding carboxylic acids is 1. The van der Waals surface area contributed by atoms with Gasteiger partial charge >= 0.3 is 5.97 Å². The summed E-state index contributed by atoms with van der Waals surface area (Å²) in [4.78, 5) is 21.9. The van der Waals surface area contributed by atoms with Gasteiger partial charge in [-0.1, -0.05) is 78.1 Å². The Morgan fingerprint density at radius 2 is 1.47 bits per heavy atom. The lowest BCUT2D eigenvalue weighted by Crippen LogP contribution is -2.31. The zero-order chi connectivity index (χ0) is 27.1. The highest BCUT2D eigenvalue weighted by molar-refractivity contribution is 5.75. The molecule has 38 heavy (non-hydrogen) atoms. The summed E-state index contributed by atoms with van der Waals surface area (Å²) >= 11 is 0. The number of hydrogen-bond acceptors (Lipinski definition) is 5. The van der Waals surface area contributed by atoms with Gasteiger partial charge in [0.1, 0.15) is 5.75 Å². The minimum Gasteiger partial charge on any atom is -0.426 e. The van der Waals surface area contributed by atoms with Gasteiger partial charge in [0.15, 0.2) is 5.82 Å². The van der Waals surface area contributed by atoms with E-state index < -0.39 is 0 Å². The summed E-state index contributed by atoms with van der Waals surface area (Å²) in [5.74, 6) is 0.927. The normalized spacial score (nSPS) is 19.1. The van der Waals surface area contributed by atoms with E-state index in [1.807, 2.05) is 36.7 Å². The Morgan fingerprint density at radius 3 is 2.08 bits per heavy atom.